The molecule has 0 aliphatic carbocycles. The van der Waals surface area contributed by atoms with Gasteiger partial charge < -0.3 is 10.2 Å². The highest BCUT2D eigenvalue weighted by Crippen LogP contribution is 2.32. The Morgan fingerprint density at radius 3 is 2.72 bits per heavy atom. The third-order valence-electron chi connectivity index (χ3n) is 5.04. The second-order valence-electron chi connectivity index (χ2n) is 7.32. The van der Waals surface area contributed by atoms with Crippen molar-refractivity contribution in [3.63, 3.8) is 0 Å². The second-order valence-corrected chi connectivity index (χ2v) is 7.32. The number of amides is 1. The summed E-state index contributed by atoms with van der Waals surface area (Å²) in [6.45, 7) is 9.31. The van der Waals surface area contributed by atoms with Crippen LogP contribution in [0.15, 0.2) is 42.5 Å². The SMILES string of the molecule is Cc1cccc(C(C)C)c1NCCC(=O)N1c2ccccc2CC1C. The molecule has 1 unspecified atom stereocenters. The molecule has 0 aromatic heterocycles. The molecule has 1 N–H and O–H groups in total. The topological polar surface area (TPSA) is 32.3 Å². The number of nitrogens with zero attached hydrogens (tertiary/aromatic N) is 1. The van der Waals surface area contributed by atoms with Crippen LogP contribution in [0.3, 0.4) is 0 Å². The van der Waals surface area contributed by atoms with Crippen LogP contribution in [0.1, 0.15) is 49.8 Å². The summed E-state index contributed by atoms with van der Waals surface area (Å²) in [5, 5.41) is 3.51. The first-order chi connectivity index (χ1) is 12.0. The Morgan fingerprint density at radius 2 is 1.96 bits per heavy atom. The van der Waals surface area contributed by atoms with E-state index >= 15 is 0 Å². The number of benzene rings is 2. The number of carbonyl (C=O) groups excluding carboxylic acids is 1. The van der Waals surface area contributed by atoms with Crippen LogP contribution in [-0.2, 0) is 11.2 Å². The van der Waals surface area contributed by atoms with Crippen LogP contribution >= 0.6 is 0 Å². The first-order valence-electron chi connectivity index (χ1n) is 9.22. The lowest BCUT2D eigenvalue weighted by Crippen LogP contribution is -2.36. The highest BCUT2D eigenvalue weighted by molar-refractivity contribution is 5.96. The minimum atomic E-state index is 0.199. The summed E-state index contributed by atoms with van der Waals surface area (Å²) in [4.78, 5) is 14.8. The molecule has 1 aliphatic heterocycles. The Kier molecular flexibility index (Phi) is 5.12. The molecule has 1 aliphatic rings. The number of fused-ring (bicyclic) bond motifs is 1. The van der Waals surface area contributed by atoms with Crippen molar-refractivity contribution >= 4 is 17.3 Å². The van der Waals surface area contributed by atoms with E-state index in [4.69, 9.17) is 0 Å². The van der Waals surface area contributed by atoms with E-state index < -0.39 is 0 Å². The number of hydrogen-bond donors (Lipinski definition) is 1. The first kappa shape index (κ1) is 17.5. The number of para-hydroxylation sites is 2. The molecule has 1 heterocycles. The van der Waals surface area contributed by atoms with Crippen molar-refractivity contribution in [3.8, 4) is 0 Å². The molecule has 0 saturated heterocycles. The molecule has 0 fully saturated rings. The van der Waals surface area contributed by atoms with Gasteiger partial charge in [-0.05, 0) is 48.9 Å². The Morgan fingerprint density at radius 1 is 1.20 bits per heavy atom. The molecule has 3 rings (SSSR count). The molecule has 2 aromatic rings. The summed E-state index contributed by atoms with van der Waals surface area (Å²) in [5.74, 6) is 0.660. The Hall–Kier alpha value is -2.29. The Bertz CT molecular complexity index is 766. The normalized spacial score (nSPS) is 16.2. The van der Waals surface area contributed by atoms with Crippen LogP contribution in [0, 0.1) is 6.92 Å². The van der Waals surface area contributed by atoms with Crippen LogP contribution in [0.2, 0.25) is 0 Å². The summed E-state index contributed by atoms with van der Waals surface area (Å²) in [6, 6.07) is 14.9. The Balaban J connectivity index is 1.67. The fourth-order valence-corrected chi connectivity index (χ4v) is 3.77. The van der Waals surface area contributed by atoms with E-state index in [1.807, 2.05) is 17.0 Å². The smallest absolute Gasteiger partial charge is 0.229 e. The van der Waals surface area contributed by atoms with Crippen molar-refractivity contribution in [2.45, 2.75) is 52.5 Å². The molecule has 0 radical (unpaired) electrons. The number of rotatable bonds is 5. The molecule has 0 bridgehead atoms. The van der Waals surface area contributed by atoms with Crippen molar-refractivity contribution in [2.75, 3.05) is 16.8 Å². The van der Waals surface area contributed by atoms with Crippen molar-refractivity contribution in [1.29, 1.82) is 0 Å². The largest absolute Gasteiger partial charge is 0.384 e. The van der Waals surface area contributed by atoms with Gasteiger partial charge in [-0.1, -0.05) is 50.2 Å². The average Bonchev–Trinajstić information content (AvgIpc) is 2.91. The van der Waals surface area contributed by atoms with E-state index in [9.17, 15) is 4.79 Å². The lowest BCUT2D eigenvalue weighted by molar-refractivity contribution is -0.118. The minimum absolute atomic E-state index is 0.199. The van der Waals surface area contributed by atoms with Crippen LogP contribution in [0.25, 0.3) is 0 Å². The van der Waals surface area contributed by atoms with Crippen molar-refractivity contribution in [2.24, 2.45) is 0 Å². The molecule has 2 aromatic carbocycles. The number of nitrogens with one attached hydrogen (secondary N) is 1. The van der Waals surface area contributed by atoms with Crippen LogP contribution in [0.5, 0.6) is 0 Å². The van der Waals surface area contributed by atoms with E-state index in [0.717, 1.165) is 12.1 Å². The molecular formula is C22H28N2O. The molecule has 3 heteroatoms. The lowest BCUT2D eigenvalue weighted by atomic mass is 9.98. The zero-order valence-corrected chi connectivity index (χ0v) is 15.7. The third kappa shape index (κ3) is 3.55. The first-order valence-corrected chi connectivity index (χ1v) is 9.22. The van der Waals surface area contributed by atoms with Gasteiger partial charge in [-0.15, -0.1) is 0 Å². The second kappa shape index (κ2) is 7.30. The van der Waals surface area contributed by atoms with Gasteiger partial charge in [0, 0.05) is 30.4 Å². The van der Waals surface area contributed by atoms with Gasteiger partial charge in [0.2, 0.25) is 5.91 Å². The van der Waals surface area contributed by atoms with Crippen molar-refractivity contribution in [1.82, 2.24) is 0 Å². The number of aryl methyl sites for hydroxylation is 1. The lowest BCUT2D eigenvalue weighted by Gasteiger charge is -2.23. The predicted octanol–water partition coefficient (Wildman–Crippen LogP) is 4.90. The Labute approximate surface area is 151 Å². The highest BCUT2D eigenvalue weighted by atomic mass is 16.2. The minimum Gasteiger partial charge on any atom is -0.384 e. The van der Waals surface area contributed by atoms with E-state index in [-0.39, 0.29) is 11.9 Å². The van der Waals surface area contributed by atoms with E-state index in [2.05, 4.69) is 63.3 Å². The maximum Gasteiger partial charge on any atom is 0.229 e. The van der Waals surface area contributed by atoms with E-state index in [1.165, 1.54) is 22.4 Å². The van der Waals surface area contributed by atoms with Gasteiger partial charge >= 0.3 is 0 Å². The maximum absolute atomic E-state index is 12.8. The molecule has 132 valence electrons. The number of hydrogen-bond acceptors (Lipinski definition) is 2. The van der Waals surface area contributed by atoms with Crippen LogP contribution in [-0.4, -0.2) is 18.5 Å². The molecule has 25 heavy (non-hydrogen) atoms. The maximum atomic E-state index is 12.8. The fraction of sp³-hybridized carbons (Fsp3) is 0.409. The van der Waals surface area contributed by atoms with Gasteiger partial charge in [0.15, 0.2) is 0 Å². The quantitative estimate of drug-likeness (QED) is 0.842. The summed E-state index contributed by atoms with van der Waals surface area (Å²) >= 11 is 0. The molecule has 1 amide bonds. The molecular weight excluding hydrogens is 308 g/mol. The van der Waals surface area contributed by atoms with Gasteiger partial charge in [-0.3, -0.25) is 4.79 Å². The van der Waals surface area contributed by atoms with Gasteiger partial charge in [0.25, 0.3) is 0 Å². The van der Waals surface area contributed by atoms with E-state index in [0.29, 0.717) is 18.9 Å². The summed E-state index contributed by atoms with van der Waals surface area (Å²) in [6.07, 6.45) is 1.45. The van der Waals surface area contributed by atoms with Gasteiger partial charge in [0.1, 0.15) is 0 Å². The number of carbonyl (C=O) groups is 1. The molecule has 0 saturated carbocycles. The predicted molar refractivity (Wildman–Crippen MR) is 105 cm³/mol. The van der Waals surface area contributed by atoms with Crippen LogP contribution < -0.4 is 10.2 Å². The standard InChI is InChI=1S/C22H28N2O/c1-15(2)19-10-7-8-16(3)22(19)23-13-12-21(25)24-17(4)14-18-9-5-6-11-20(18)24/h5-11,15,17,23H,12-14H2,1-4H3. The third-order valence-corrected chi connectivity index (χ3v) is 5.04. The number of anilines is 2. The molecule has 3 nitrogen and oxygen atoms in total. The van der Waals surface area contributed by atoms with Gasteiger partial charge in [0.05, 0.1) is 0 Å². The van der Waals surface area contributed by atoms with Gasteiger partial charge in [-0.25, -0.2) is 0 Å². The van der Waals surface area contributed by atoms with Crippen LogP contribution in [0.4, 0.5) is 11.4 Å². The summed E-state index contributed by atoms with van der Waals surface area (Å²) in [5.41, 5.74) is 6.09. The van der Waals surface area contributed by atoms with Crippen molar-refractivity contribution < 1.29 is 4.79 Å². The summed E-state index contributed by atoms with van der Waals surface area (Å²) < 4.78 is 0. The van der Waals surface area contributed by atoms with Crippen molar-refractivity contribution in [3.05, 3.63) is 59.2 Å². The molecule has 1 atom stereocenters. The average molecular weight is 336 g/mol. The molecule has 0 spiro atoms. The zero-order valence-electron chi connectivity index (χ0n) is 15.7. The fourth-order valence-electron chi connectivity index (χ4n) is 3.77. The zero-order chi connectivity index (χ0) is 18.0. The van der Waals surface area contributed by atoms with E-state index in [1.54, 1.807) is 0 Å². The summed E-state index contributed by atoms with van der Waals surface area (Å²) in [7, 11) is 0. The monoisotopic (exact) mass is 336 g/mol. The highest BCUT2D eigenvalue weighted by Gasteiger charge is 2.29. The van der Waals surface area contributed by atoms with Gasteiger partial charge in [-0.2, -0.15) is 0 Å².